The van der Waals surface area contributed by atoms with Crippen molar-refractivity contribution in [3.63, 3.8) is 0 Å². The van der Waals surface area contributed by atoms with E-state index in [4.69, 9.17) is 5.26 Å². The van der Waals surface area contributed by atoms with E-state index in [1.165, 1.54) is 12.1 Å². The normalized spacial score (nSPS) is 19.1. The van der Waals surface area contributed by atoms with Crippen LogP contribution in [0, 0.1) is 28.5 Å². The molecule has 5 heteroatoms. The van der Waals surface area contributed by atoms with Crippen LogP contribution in [0.25, 0.3) is 0 Å². The molecule has 1 N–H and O–H groups in total. The van der Waals surface area contributed by atoms with E-state index in [2.05, 4.69) is 0 Å². The average molecular weight is 290 g/mol. The summed E-state index contributed by atoms with van der Waals surface area (Å²) < 4.78 is 13.2. The molecule has 4 nitrogen and oxygen atoms in total. The van der Waals surface area contributed by atoms with Gasteiger partial charge in [0.25, 0.3) is 0 Å². The Kier molecular flexibility index (Phi) is 4.17. The summed E-state index contributed by atoms with van der Waals surface area (Å²) in [4.78, 5) is 13.4. The fraction of sp³-hybridized carbons (Fsp3) is 0.500. The Bertz CT molecular complexity index is 592. The van der Waals surface area contributed by atoms with Gasteiger partial charge in [0.15, 0.2) is 0 Å². The van der Waals surface area contributed by atoms with Gasteiger partial charge in [-0.25, -0.2) is 4.39 Å². The number of hydrogen-bond acceptors (Lipinski definition) is 3. The second-order valence-electron chi connectivity index (χ2n) is 6.09. The summed E-state index contributed by atoms with van der Waals surface area (Å²) in [5, 5.41) is 18.5. The average Bonchev–Trinajstić information content (AvgIpc) is 2.47. The Morgan fingerprint density at radius 2 is 2.24 bits per heavy atom. The van der Waals surface area contributed by atoms with E-state index in [0.29, 0.717) is 17.8 Å². The maximum atomic E-state index is 13.2. The van der Waals surface area contributed by atoms with Crippen molar-refractivity contribution in [2.75, 3.05) is 18.0 Å². The van der Waals surface area contributed by atoms with Crippen molar-refractivity contribution in [2.45, 2.75) is 26.7 Å². The lowest BCUT2D eigenvalue weighted by Gasteiger charge is -2.40. The van der Waals surface area contributed by atoms with Gasteiger partial charge in [-0.3, -0.25) is 4.79 Å². The molecule has 1 aromatic rings. The molecule has 1 fully saturated rings. The Hall–Kier alpha value is -2.09. The van der Waals surface area contributed by atoms with Gasteiger partial charge >= 0.3 is 5.97 Å². The van der Waals surface area contributed by atoms with Gasteiger partial charge in [-0.15, -0.1) is 0 Å². The number of piperidine rings is 1. The van der Waals surface area contributed by atoms with E-state index in [9.17, 15) is 14.3 Å². The summed E-state index contributed by atoms with van der Waals surface area (Å²) >= 11 is 0. The Morgan fingerprint density at radius 3 is 2.86 bits per heavy atom. The minimum atomic E-state index is -0.814. The molecule has 0 saturated carbocycles. The number of benzene rings is 1. The first-order valence-corrected chi connectivity index (χ1v) is 7.04. The van der Waals surface area contributed by atoms with Crippen molar-refractivity contribution in [1.29, 1.82) is 5.26 Å². The van der Waals surface area contributed by atoms with Crippen molar-refractivity contribution < 1.29 is 14.3 Å². The van der Waals surface area contributed by atoms with E-state index in [1.54, 1.807) is 19.9 Å². The number of nitrogens with zero attached hydrogens (tertiary/aromatic N) is 2. The number of halogens is 1. The molecule has 21 heavy (non-hydrogen) atoms. The predicted molar refractivity (Wildman–Crippen MR) is 77.5 cm³/mol. The van der Waals surface area contributed by atoms with Crippen molar-refractivity contribution in [3.8, 4) is 6.07 Å². The Balaban J connectivity index is 2.27. The van der Waals surface area contributed by atoms with E-state index in [0.717, 1.165) is 19.4 Å². The largest absolute Gasteiger partial charge is 0.481 e. The summed E-state index contributed by atoms with van der Waals surface area (Å²) in [5.74, 6) is -1.25. The van der Waals surface area contributed by atoms with Gasteiger partial charge in [0.05, 0.1) is 16.7 Å². The van der Waals surface area contributed by atoms with Crippen molar-refractivity contribution >= 4 is 11.7 Å². The van der Waals surface area contributed by atoms with E-state index < -0.39 is 17.2 Å². The fourth-order valence-electron chi connectivity index (χ4n) is 2.83. The van der Waals surface area contributed by atoms with Gasteiger partial charge in [-0.05, 0) is 50.8 Å². The highest BCUT2D eigenvalue weighted by Crippen LogP contribution is 2.36. The number of carboxylic acids is 1. The van der Waals surface area contributed by atoms with E-state index in [-0.39, 0.29) is 5.92 Å². The molecule has 1 atom stereocenters. The summed E-state index contributed by atoms with van der Waals surface area (Å²) in [5.41, 5.74) is 0.166. The molecule has 0 bridgehead atoms. The first-order chi connectivity index (χ1) is 9.86. The number of aliphatic carboxylic acids is 1. The highest BCUT2D eigenvalue weighted by atomic mass is 19.1. The van der Waals surface area contributed by atoms with E-state index >= 15 is 0 Å². The second-order valence-corrected chi connectivity index (χ2v) is 6.09. The monoisotopic (exact) mass is 290 g/mol. The zero-order valence-corrected chi connectivity index (χ0v) is 12.3. The van der Waals surface area contributed by atoms with Crippen molar-refractivity contribution in [1.82, 2.24) is 0 Å². The van der Waals surface area contributed by atoms with Crippen LogP contribution >= 0.6 is 0 Å². The Labute approximate surface area is 123 Å². The quantitative estimate of drug-likeness (QED) is 0.929. The fourth-order valence-corrected chi connectivity index (χ4v) is 2.83. The van der Waals surface area contributed by atoms with Gasteiger partial charge in [-0.2, -0.15) is 5.26 Å². The molecule has 1 heterocycles. The minimum Gasteiger partial charge on any atom is -0.481 e. The molecule has 1 aromatic carbocycles. The predicted octanol–water partition coefficient (Wildman–Crippen LogP) is 3.02. The van der Waals surface area contributed by atoms with Crippen LogP contribution in [0.4, 0.5) is 10.1 Å². The molecule has 1 aliphatic rings. The summed E-state index contributed by atoms with van der Waals surface area (Å²) in [6.45, 7) is 4.80. The molecular weight excluding hydrogens is 271 g/mol. The van der Waals surface area contributed by atoms with E-state index in [1.807, 2.05) is 11.0 Å². The molecule has 0 radical (unpaired) electrons. The first kappa shape index (κ1) is 15.3. The molecule has 0 spiro atoms. The van der Waals surface area contributed by atoms with Crippen LogP contribution in [-0.4, -0.2) is 24.2 Å². The molecule has 1 unspecified atom stereocenters. The van der Waals surface area contributed by atoms with Crippen LogP contribution in [0.2, 0.25) is 0 Å². The number of anilines is 1. The number of nitriles is 1. The van der Waals surface area contributed by atoms with Crippen LogP contribution in [0.3, 0.4) is 0 Å². The minimum absolute atomic E-state index is 0.000320. The molecule has 0 amide bonds. The lowest BCUT2D eigenvalue weighted by atomic mass is 9.74. The third kappa shape index (κ3) is 2.99. The third-order valence-corrected chi connectivity index (χ3v) is 4.41. The second kappa shape index (κ2) is 5.72. The van der Waals surface area contributed by atoms with Crippen LogP contribution < -0.4 is 4.90 Å². The smallest absolute Gasteiger partial charge is 0.309 e. The van der Waals surface area contributed by atoms with Crippen LogP contribution in [0.5, 0.6) is 0 Å². The lowest BCUT2D eigenvalue weighted by molar-refractivity contribution is -0.150. The molecule has 112 valence electrons. The van der Waals surface area contributed by atoms with Gasteiger partial charge in [0.1, 0.15) is 11.9 Å². The molecular formula is C16H19FN2O2. The van der Waals surface area contributed by atoms with Crippen molar-refractivity contribution in [2.24, 2.45) is 11.3 Å². The van der Waals surface area contributed by atoms with Crippen LogP contribution in [0.1, 0.15) is 32.3 Å². The van der Waals surface area contributed by atoms with Gasteiger partial charge in [0, 0.05) is 13.1 Å². The zero-order chi connectivity index (χ0) is 15.6. The maximum Gasteiger partial charge on any atom is 0.309 e. The molecule has 0 aliphatic carbocycles. The summed E-state index contributed by atoms with van der Waals surface area (Å²) in [6.07, 6.45) is 1.71. The van der Waals surface area contributed by atoms with Crippen LogP contribution in [-0.2, 0) is 4.79 Å². The molecule has 1 saturated heterocycles. The van der Waals surface area contributed by atoms with Gasteiger partial charge < -0.3 is 10.0 Å². The lowest BCUT2D eigenvalue weighted by Crippen LogP contribution is -2.45. The SMILES string of the molecule is CC(C)(C(=O)O)C1CCCN(c2ccc(F)cc2C#N)C1. The summed E-state index contributed by atoms with van der Waals surface area (Å²) in [6, 6.07) is 6.17. The maximum absolute atomic E-state index is 13.2. The van der Waals surface area contributed by atoms with Gasteiger partial charge in [-0.1, -0.05) is 0 Å². The molecule has 2 rings (SSSR count). The highest BCUT2D eigenvalue weighted by Gasteiger charge is 2.39. The Morgan fingerprint density at radius 1 is 1.52 bits per heavy atom. The van der Waals surface area contributed by atoms with Gasteiger partial charge in [0.2, 0.25) is 0 Å². The standard InChI is InChI=1S/C16H19FN2O2/c1-16(2,15(20)21)12-4-3-7-19(10-12)14-6-5-13(17)8-11(14)9-18/h5-6,8,12H,3-4,7,10H2,1-2H3,(H,20,21). The molecule has 0 aromatic heterocycles. The highest BCUT2D eigenvalue weighted by molar-refractivity contribution is 5.74. The zero-order valence-electron chi connectivity index (χ0n) is 12.3. The van der Waals surface area contributed by atoms with Crippen molar-refractivity contribution in [3.05, 3.63) is 29.6 Å². The topological polar surface area (TPSA) is 64.3 Å². The first-order valence-electron chi connectivity index (χ1n) is 7.04. The third-order valence-electron chi connectivity index (χ3n) is 4.41. The number of carboxylic acid groups (broad SMARTS) is 1. The number of carbonyl (C=O) groups is 1. The van der Waals surface area contributed by atoms with Crippen LogP contribution in [0.15, 0.2) is 18.2 Å². The number of rotatable bonds is 3. The number of hydrogen-bond donors (Lipinski definition) is 1. The molecule has 1 aliphatic heterocycles. The summed E-state index contributed by atoms with van der Waals surface area (Å²) in [7, 11) is 0.